The number of hydrogen-bond acceptors (Lipinski definition) is 4. The van der Waals surface area contributed by atoms with Gasteiger partial charge in [0.25, 0.3) is 0 Å². The van der Waals surface area contributed by atoms with Gasteiger partial charge in [-0.25, -0.2) is 4.79 Å². The summed E-state index contributed by atoms with van der Waals surface area (Å²) >= 11 is 0. The monoisotopic (exact) mass is 292 g/mol. The van der Waals surface area contributed by atoms with Crippen molar-refractivity contribution >= 4 is 5.97 Å². The van der Waals surface area contributed by atoms with Gasteiger partial charge in [-0.05, 0) is 38.6 Å². The number of carbonyl (C=O) groups is 1. The number of methoxy groups -OCH3 is 1. The molecule has 5 heteroatoms. The zero-order chi connectivity index (χ0) is 15.6. The molecule has 1 saturated heterocycles. The molecule has 1 N–H and O–H groups in total. The fourth-order valence-corrected chi connectivity index (χ4v) is 2.75. The largest absolute Gasteiger partial charge is 0.496 e. The molecule has 2 rings (SSSR count). The SMILES string of the molecule is COc1ccc(CN2CCN(C)C(C)(C)C2)cc1C(=O)O. The van der Waals surface area contributed by atoms with Crippen LogP contribution in [0, 0.1) is 0 Å². The van der Waals surface area contributed by atoms with Crippen LogP contribution in [0.1, 0.15) is 29.8 Å². The molecule has 0 unspecified atom stereocenters. The molecule has 0 radical (unpaired) electrons. The van der Waals surface area contributed by atoms with Gasteiger partial charge in [0.05, 0.1) is 7.11 Å². The highest BCUT2D eigenvalue weighted by Crippen LogP contribution is 2.23. The number of aromatic carboxylic acids is 1. The molecule has 1 fully saturated rings. The molecule has 1 aliphatic rings. The van der Waals surface area contributed by atoms with E-state index in [1.54, 1.807) is 12.1 Å². The van der Waals surface area contributed by atoms with Gasteiger partial charge in [-0.3, -0.25) is 9.80 Å². The molecule has 116 valence electrons. The number of piperazine rings is 1. The van der Waals surface area contributed by atoms with Gasteiger partial charge in [-0.15, -0.1) is 0 Å². The van der Waals surface area contributed by atoms with E-state index in [2.05, 4.69) is 30.7 Å². The zero-order valence-electron chi connectivity index (χ0n) is 13.2. The molecule has 0 atom stereocenters. The molecule has 1 heterocycles. The van der Waals surface area contributed by atoms with Gasteiger partial charge in [-0.1, -0.05) is 6.07 Å². The second kappa shape index (κ2) is 6.03. The molecule has 0 bridgehead atoms. The summed E-state index contributed by atoms with van der Waals surface area (Å²) in [6.45, 7) is 8.22. The van der Waals surface area contributed by atoms with E-state index in [0.29, 0.717) is 5.75 Å². The summed E-state index contributed by atoms with van der Waals surface area (Å²) in [5.74, 6) is -0.544. The Labute approximate surface area is 126 Å². The van der Waals surface area contributed by atoms with Crippen LogP contribution in [0.5, 0.6) is 5.75 Å². The Hall–Kier alpha value is -1.59. The minimum atomic E-state index is -0.951. The van der Waals surface area contributed by atoms with Crippen molar-refractivity contribution < 1.29 is 14.6 Å². The lowest BCUT2D eigenvalue weighted by atomic mass is 9.99. The van der Waals surface area contributed by atoms with E-state index in [9.17, 15) is 9.90 Å². The van der Waals surface area contributed by atoms with E-state index < -0.39 is 5.97 Å². The average molecular weight is 292 g/mol. The number of rotatable bonds is 4. The van der Waals surface area contributed by atoms with E-state index in [1.807, 2.05) is 6.07 Å². The standard InChI is InChI=1S/C16H24N2O3/c1-16(2)11-18(8-7-17(16)3)10-12-5-6-14(21-4)13(9-12)15(19)20/h5-6,9H,7-8,10-11H2,1-4H3,(H,19,20). The average Bonchev–Trinajstić information content (AvgIpc) is 2.42. The van der Waals surface area contributed by atoms with Crippen molar-refractivity contribution in [3.05, 3.63) is 29.3 Å². The van der Waals surface area contributed by atoms with Crippen LogP contribution in [0.4, 0.5) is 0 Å². The normalized spacial score (nSPS) is 19.4. The van der Waals surface area contributed by atoms with Crippen molar-refractivity contribution in [2.24, 2.45) is 0 Å². The molecule has 21 heavy (non-hydrogen) atoms. The molecule has 0 aliphatic carbocycles. The minimum absolute atomic E-state index is 0.139. The second-order valence-electron chi connectivity index (χ2n) is 6.28. The van der Waals surface area contributed by atoms with Crippen molar-refractivity contribution in [3.8, 4) is 5.75 Å². The third-order valence-corrected chi connectivity index (χ3v) is 4.30. The number of nitrogens with zero attached hydrogens (tertiary/aromatic N) is 2. The lowest BCUT2D eigenvalue weighted by molar-refractivity contribution is 0.0359. The number of carboxylic acid groups (broad SMARTS) is 1. The van der Waals surface area contributed by atoms with Crippen molar-refractivity contribution in [1.82, 2.24) is 9.80 Å². The number of hydrogen-bond donors (Lipinski definition) is 1. The molecule has 1 aromatic rings. The van der Waals surface area contributed by atoms with Gasteiger partial charge in [-0.2, -0.15) is 0 Å². The Morgan fingerprint density at radius 1 is 1.38 bits per heavy atom. The van der Waals surface area contributed by atoms with E-state index >= 15 is 0 Å². The summed E-state index contributed by atoms with van der Waals surface area (Å²) in [6, 6.07) is 5.39. The Morgan fingerprint density at radius 2 is 2.10 bits per heavy atom. The van der Waals surface area contributed by atoms with Crippen molar-refractivity contribution in [2.75, 3.05) is 33.8 Å². The summed E-state index contributed by atoms with van der Waals surface area (Å²) in [6.07, 6.45) is 0. The summed E-state index contributed by atoms with van der Waals surface area (Å²) in [5.41, 5.74) is 1.37. The van der Waals surface area contributed by atoms with Crippen LogP contribution in [0.2, 0.25) is 0 Å². The number of carboxylic acids is 1. The smallest absolute Gasteiger partial charge is 0.339 e. The van der Waals surface area contributed by atoms with Gasteiger partial charge in [0.1, 0.15) is 11.3 Å². The van der Waals surface area contributed by atoms with E-state index in [4.69, 9.17) is 4.74 Å². The topological polar surface area (TPSA) is 53.0 Å². The Balaban J connectivity index is 2.13. The number of benzene rings is 1. The van der Waals surface area contributed by atoms with Gasteiger partial charge in [0.2, 0.25) is 0 Å². The molecule has 0 amide bonds. The Morgan fingerprint density at radius 3 is 2.67 bits per heavy atom. The third kappa shape index (κ3) is 3.54. The molecule has 1 aromatic carbocycles. The van der Waals surface area contributed by atoms with Gasteiger partial charge >= 0.3 is 5.97 Å². The van der Waals surface area contributed by atoms with Crippen molar-refractivity contribution in [2.45, 2.75) is 25.9 Å². The van der Waals surface area contributed by atoms with Crippen LogP contribution in [0.15, 0.2) is 18.2 Å². The highest BCUT2D eigenvalue weighted by molar-refractivity contribution is 5.91. The molecule has 0 spiro atoms. The summed E-state index contributed by atoms with van der Waals surface area (Å²) in [4.78, 5) is 16.0. The first-order chi connectivity index (χ1) is 9.83. The number of likely N-dealkylation sites (N-methyl/N-ethyl adjacent to an activating group) is 1. The van der Waals surface area contributed by atoms with Crippen LogP contribution in [0.3, 0.4) is 0 Å². The van der Waals surface area contributed by atoms with Crippen LogP contribution in [-0.4, -0.2) is 60.2 Å². The predicted molar refractivity (Wildman–Crippen MR) is 81.9 cm³/mol. The summed E-state index contributed by atoms with van der Waals surface area (Å²) < 4.78 is 5.10. The molecule has 1 aliphatic heterocycles. The molecule has 5 nitrogen and oxygen atoms in total. The van der Waals surface area contributed by atoms with E-state index in [1.165, 1.54) is 7.11 Å². The summed E-state index contributed by atoms with van der Waals surface area (Å²) in [7, 11) is 3.64. The minimum Gasteiger partial charge on any atom is -0.496 e. The lowest BCUT2D eigenvalue weighted by Gasteiger charge is -2.45. The van der Waals surface area contributed by atoms with E-state index in [0.717, 1.165) is 31.7 Å². The quantitative estimate of drug-likeness (QED) is 0.919. The molecule has 0 saturated carbocycles. The first kappa shape index (κ1) is 15.8. The fraction of sp³-hybridized carbons (Fsp3) is 0.562. The van der Waals surface area contributed by atoms with Crippen LogP contribution < -0.4 is 4.74 Å². The van der Waals surface area contributed by atoms with Gasteiger partial charge in [0.15, 0.2) is 0 Å². The highest BCUT2D eigenvalue weighted by Gasteiger charge is 2.30. The third-order valence-electron chi connectivity index (χ3n) is 4.30. The first-order valence-electron chi connectivity index (χ1n) is 7.17. The molecular formula is C16H24N2O3. The van der Waals surface area contributed by atoms with Crippen LogP contribution in [-0.2, 0) is 6.54 Å². The predicted octanol–water partition coefficient (Wildman–Crippen LogP) is 1.92. The van der Waals surface area contributed by atoms with Crippen LogP contribution >= 0.6 is 0 Å². The maximum Gasteiger partial charge on any atom is 0.339 e. The maximum atomic E-state index is 11.3. The van der Waals surface area contributed by atoms with Crippen molar-refractivity contribution in [1.29, 1.82) is 0 Å². The Bertz CT molecular complexity index is 528. The Kier molecular flexibility index (Phi) is 4.54. The number of ether oxygens (including phenoxy) is 1. The molecule has 0 aromatic heterocycles. The lowest BCUT2D eigenvalue weighted by Crippen LogP contribution is -2.57. The maximum absolute atomic E-state index is 11.3. The zero-order valence-corrected chi connectivity index (χ0v) is 13.2. The van der Waals surface area contributed by atoms with Crippen LogP contribution in [0.25, 0.3) is 0 Å². The van der Waals surface area contributed by atoms with Gasteiger partial charge in [0, 0.05) is 31.7 Å². The second-order valence-corrected chi connectivity index (χ2v) is 6.28. The molecular weight excluding hydrogens is 268 g/mol. The van der Waals surface area contributed by atoms with Gasteiger partial charge < -0.3 is 9.84 Å². The van der Waals surface area contributed by atoms with Crippen molar-refractivity contribution in [3.63, 3.8) is 0 Å². The summed E-state index contributed by atoms with van der Waals surface area (Å²) in [5, 5.41) is 9.24. The van der Waals surface area contributed by atoms with E-state index in [-0.39, 0.29) is 11.1 Å². The first-order valence-corrected chi connectivity index (χ1v) is 7.17. The highest BCUT2D eigenvalue weighted by atomic mass is 16.5. The fourth-order valence-electron chi connectivity index (χ4n) is 2.75.